The first-order valence-corrected chi connectivity index (χ1v) is 7.58. The molecule has 4 heteroatoms. The Kier molecular flexibility index (Phi) is 7.69. The van der Waals surface area contributed by atoms with Gasteiger partial charge >= 0.3 is 0 Å². The summed E-state index contributed by atoms with van der Waals surface area (Å²) in [7, 11) is 0. The van der Waals surface area contributed by atoms with E-state index in [0.717, 1.165) is 24.9 Å². The molecule has 1 aromatic rings. The van der Waals surface area contributed by atoms with Gasteiger partial charge in [-0.15, -0.1) is 0 Å². The van der Waals surface area contributed by atoms with Crippen LogP contribution in [0.3, 0.4) is 0 Å². The summed E-state index contributed by atoms with van der Waals surface area (Å²) in [4.78, 5) is 23.5. The molecule has 0 heterocycles. The van der Waals surface area contributed by atoms with Gasteiger partial charge in [-0.2, -0.15) is 0 Å². The molecule has 0 saturated carbocycles. The summed E-state index contributed by atoms with van der Waals surface area (Å²) in [5.74, 6) is -0.270. The molecular formula is C17H25NO3. The lowest BCUT2D eigenvalue weighted by Crippen LogP contribution is -2.23. The lowest BCUT2D eigenvalue weighted by atomic mass is 9.93. The summed E-state index contributed by atoms with van der Waals surface area (Å²) in [6, 6.07) is 9.42. The lowest BCUT2D eigenvalue weighted by Gasteiger charge is -2.16. The van der Waals surface area contributed by atoms with E-state index in [2.05, 4.69) is 5.32 Å². The Hall–Kier alpha value is -1.68. The van der Waals surface area contributed by atoms with Crippen molar-refractivity contribution in [2.24, 2.45) is 11.8 Å². The highest BCUT2D eigenvalue weighted by Crippen LogP contribution is 2.18. The van der Waals surface area contributed by atoms with Gasteiger partial charge in [0, 0.05) is 17.5 Å². The number of nitrogens with one attached hydrogen (secondary N) is 1. The number of rotatable bonds is 9. The number of para-hydroxylation sites is 1. The van der Waals surface area contributed by atoms with E-state index in [1.165, 1.54) is 0 Å². The van der Waals surface area contributed by atoms with Crippen LogP contribution in [0, 0.1) is 11.8 Å². The monoisotopic (exact) mass is 291 g/mol. The number of aliphatic hydroxyl groups is 1. The Bertz CT molecular complexity index is 445. The summed E-state index contributed by atoms with van der Waals surface area (Å²) in [6.07, 6.45) is 3.07. The fourth-order valence-corrected chi connectivity index (χ4v) is 2.27. The molecule has 1 rings (SSSR count). The SMILES string of the molecule is CCC(CCCC(C)C(=O)CO)C(=O)Nc1ccccc1. The number of benzene rings is 1. The third-order valence-corrected chi connectivity index (χ3v) is 3.80. The van der Waals surface area contributed by atoms with E-state index in [0.29, 0.717) is 6.42 Å². The molecule has 0 radical (unpaired) electrons. The van der Waals surface area contributed by atoms with E-state index in [-0.39, 0.29) is 23.5 Å². The second-order valence-electron chi connectivity index (χ2n) is 5.42. The number of hydrogen-bond donors (Lipinski definition) is 2. The Labute approximate surface area is 126 Å². The maximum atomic E-state index is 12.2. The average Bonchev–Trinajstić information content (AvgIpc) is 2.51. The second-order valence-corrected chi connectivity index (χ2v) is 5.42. The van der Waals surface area contributed by atoms with Crippen LogP contribution in [-0.2, 0) is 9.59 Å². The van der Waals surface area contributed by atoms with Crippen LogP contribution in [0.2, 0.25) is 0 Å². The van der Waals surface area contributed by atoms with Crippen LogP contribution in [0.5, 0.6) is 0 Å². The van der Waals surface area contributed by atoms with Crippen molar-refractivity contribution >= 4 is 17.4 Å². The standard InChI is InChI=1S/C17H25NO3/c1-3-14(9-7-8-13(2)16(20)12-19)17(21)18-15-10-5-4-6-11-15/h4-6,10-11,13-14,19H,3,7-9,12H2,1-2H3,(H,18,21). The molecule has 2 unspecified atom stereocenters. The number of ketones is 1. The number of carbonyl (C=O) groups is 2. The van der Waals surface area contributed by atoms with Gasteiger partial charge in [0.05, 0.1) is 0 Å². The summed E-state index contributed by atoms with van der Waals surface area (Å²) in [5.41, 5.74) is 0.810. The highest BCUT2D eigenvalue weighted by molar-refractivity contribution is 5.92. The van der Waals surface area contributed by atoms with Gasteiger partial charge in [0.25, 0.3) is 0 Å². The quantitative estimate of drug-likeness (QED) is 0.735. The summed E-state index contributed by atoms with van der Waals surface area (Å²) in [6.45, 7) is 3.42. The van der Waals surface area contributed by atoms with Gasteiger partial charge in [-0.05, 0) is 31.4 Å². The van der Waals surface area contributed by atoms with E-state index in [4.69, 9.17) is 5.11 Å². The first-order chi connectivity index (χ1) is 10.1. The predicted octanol–water partition coefficient (Wildman–Crippen LogP) is 3.02. The molecule has 21 heavy (non-hydrogen) atoms. The molecule has 0 aliphatic carbocycles. The fraction of sp³-hybridized carbons (Fsp3) is 0.529. The molecule has 2 N–H and O–H groups in total. The predicted molar refractivity (Wildman–Crippen MR) is 84.0 cm³/mol. The Morgan fingerprint density at radius 3 is 2.43 bits per heavy atom. The minimum absolute atomic E-state index is 0.0323. The zero-order valence-electron chi connectivity index (χ0n) is 12.8. The Morgan fingerprint density at radius 1 is 1.19 bits per heavy atom. The largest absolute Gasteiger partial charge is 0.389 e. The van der Waals surface area contributed by atoms with Crippen LogP contribution in [0.25, 0.3) is 0 Å². The fourth-order valence-electron chi connectivity index (χ4n) is 2.27. The molecule has 2 atom stereocenters. The van der Waals surface area contributed by atoms with Crippen molar-refractivity contribution in [3.63, 3.8) is 0 Å². The van der Waals surface area contributed by atoms with E-state index < -0.39 is 6.61 Å². The average molecular weight is 291 g/mol. The third-order valence-electron chi connectivity index (χ3n) is 3.80. The number of hydrogen-bond acceptors (Lipinski definition) is 3. The zero-order chi connectivity index (χ0) is 15.7. The topological polar surface area (TPSA) is 66.4 Å². The highest BCUT2D eigenvalue weighted by atomic mass is 16.3. The van der Waals surface area contributed by atoms with Gasteiger partial charge in [0.1, 0.15) is 6.61 Å². The van der Waals surface area contributed by atoms with Crippen LogP contribution in [0.4, 0.5) is 5.69 Å². The Balaban J connectivity index is 2.40. The second kappa shape index (κ2) is 9.29. The van der Waals surface area contributed by atoms with Crippen molar-refractivity contribution in [1.29, 1.82) is 0 Å². The van der Waals surface area contributed by atoms with E-state index in [9.17, 15) is 9.59 Å². The van der Waals surface area contributed by atoms with E-state index in [1.807, 2.05) is 44.2 Å². The van der Waals surface area contributed by atoms with Gasteiger partial charge in [-0.3, -0.25) is 9.59 Å². The van der Waals surface area contributed by atoms with Crippen LogP contribution < -0.4 is 5.32 Å². The number of carbonyl (C=O) groups excluding carboxylic acids is 2. The first-order valence-electron chi connectivity index (χ1n) is 7.58. The lowest BCUT2D eigenvalue weighted by molar-refractivity contribution is -0.125. The van der Waals surface area contributed by atoms with Crippen LogP contribution in [0.15, 0.2) is 30.3 Å². The number of aliphatic hydroxyl groups excluding tert-OH is 1. The van der Waals surface area contributed by atoms with E-state index in [1.54, 1.807) is 0 Å². The highest BCUT2D eigenvalue weighted by Gasteiger charge is 2.18. The molecule has 0 saturated heterocycles. The van der Waals surface area contributed by atoms with Crippen LogP contribution in [0.1, 0.15) is 39.5 Å². The third kappa shape index (κ3) is 6.08. The zero-order valence-corrected chi connectivity index (χ0v) is 12.8. The van der Waals surface area contributed by atoms with Gasteiger partial charge in [0.15, 0.2) is 5.78 Å². The first kappa shape index (κ1) is 17.4. The molecule has 0 spiro atoms. The Morgan fingerprint density at radius 2 is 1.86 bits per heavy atom. The normalized spacial score (nSPS) is 13.5. The minimum atomic E-state index is -0.396. The van der Waals surface area contributed by atoms with Crippen molar-refractivity contribution < 1.29 is 14.7 Å². The molecule has 116 valence electrons. The van der Waals surface area contributed by atoms with Crippen LogP contribution >= 0.6 is 0 Å². The van der Waals surface area contributed by atoms with Gasteiger partial charge < -0.3 is 10.4 Å². The molecule has 4 nitrogen and oxygen atoms in total. The molecule has 0 aliphatic rings. The van der Waals surface area contributed by atoms with Crippen molar-refractivity contribution in [2.45, 2.75) is 39.5 Å². The van der Waals surface area contributed by atoms with Gasteiger partial charge in [-0.1, -0.05) is 38.5 Å². The van der Waals surface area contributed by atoms with Gasteiger partial charge in [0.2, 0.25) is 5.91 Å². The minimum Gasteiger partial charge on any atom is -0.389 e. The summed E-state index contributed by atoms with van der Waals surface area (Å²) in [5, 5.41) is 11.7. The number of amides is 1. The van der Waals surface area contributed by atoms with Crippen molar-refractivity contribution in [2.75, 3.05) is 11.9 Å². The van der Waals surface area contributed by atoms with Crippen LogP contribution in [-0.4, -0.2) is 23.4 Å². The maximum absolute atomic E-state index is 12.2. The number of anilines is 1. The molecule has 1 amide bonds. The molecule has 1 aromatic carbocycles. The summed E-state index contributed by atoms with van der Waals surface area (Å²) < 4.78 is 0. The van der Waals surface area contributed by atoms with E-state index >= 15 is 0 Å². The molecule has 0 fully saturated rings. The summed E-state index contributed by atoms with van der Waals surface area (Å²) >= 11 is 0. The molecule has 0 aromatic heterocycles. The molecule has 0 bridgehead atoms. The smallest absolute Gasteiger partial charge is 0.227 e. The van der Waals surface area contributed by atoms with Gasteiger partial charge in [-0.25, -0.2) is 0 Å². The van der Waals surface area contributed by atoms with Crippen molar-refractivity contribution in [3.8, 4) is 0 Å². The molecule has 0 aliphatic heterocycles. The van der Waals surface area contributed by atoms with Crippen molar-refractivity contribution in [1.82, 2.24) is 0 Å². The molecular weight excluding hydrogens is 266 g/mol. The number of Topliss-reactive ketones (excluding diaryl/α,β-unsaturated/α-hetero) is 1. The van der Waals surface area contributed by atoms with Crippen molar-refractivity contribution in [3.05, 3.63) is 30.3 Å². The maximum Gasteiger partial charge on any atom is 0.227 e.